The number of hydrazone groups is 1. The number of aromatic nitrogens is 1. The fourth-order valence-corrected chi connectivity index (χ4v) is 2.27. The molecular formula is C19H24N6O3. The smallest absolute Gasteiger partial charge is 0.213 e. The molecule has 0 bridgehead atoms. The molecule has 0 aliphatic carbocycles. The van der Waals surface area contributed by atoms with Crippen LogP contribution in [0.25, 0.3) is 0 Å². The maximum Gasteiger partial charge on any atom is 0.213 e. The van der Waals surface area contributed by atoms with E-state index in [1.54, 1.807) is 12.3 Å². The third-order valence-electron chi connectivity index (χ3n) is 3.79. The van der Waals surface area contributed by atoms with E-state index in [0.717, 1.165) is 35.6 Å². The number of nitrogens with zero attached hydrogens (tertiary/aromatic N) is 3. The van der Waals surface area contributed by atoms with Gasteiger partial charge in [0.2, 0.25) is 5.88 Å². The lowest BCUT2D eigenvalue weighted by atomic mass is 10.2. The highest BCUT2D eigenvalue weighted by Crippen LogP contribution is 2.14. The number of hydrogen-bond acceptors (Lipinski definition) is 9. The van der Waals surface area contributed by atoms with Crippen molar-refractivity contribution in [3.8, 4) is 11.6 Å². The fourth-order valence-electron chi connectivity index (χ4n) is 2.27. The third-order valence-corrected chi connectivity index (χ3v) is 3.79. The monoisotopic (exact) mass is 384 g/mol. The molecule has 0 spiro atoms. The highest BCUT2D eigenvalue weighted by atomic mass is 16.6. The largest absolute Gasteiger partial charge is 0.494 e. The predicted molar refractivity (Wildman–Crippen MR) is 106 cm³/mol. The van der Waals surface area contributed by atoms with Crippen LogP contribution < -0.4 is 26.0 Å². The summed E-state index contributed by atoms with van der Waals surface area (Å²) in [5.41, 5.74) is 10.6. The van der Waals surface area contributed by atoms with Gasteiger partial charge in [-0.25, -0.2) is 10.5 Å². The average molecular weight is 384 g/mol. The normalized spacial score (nSPS) is 13.4. The van der Waals surface area contributed by atoms with E-state index in [1.165, 1.54) is 0 Å². The molecular weight excluding hydrogens is 360 g/mol. The Morgan fingerprint density at radius 1 is 1.07 bits per heavy atom. The Bertz CT molecular complexity index is 805. The van der Waals surface area contributed by atoms with E-state index in [0.29, 0.717) is 18.3 Å². The van der Waals surface area contributed by atoms with Crippen LogP contribution in [0, 0.1) is 0 Å². The van der Waals surface area contributed by atoms with Gasteiger partial charge in [0.15, 0.2) is 12.4 Å². The van der Waals surface area contributed by atoms with E-state index in [4.69, 9.17) is 14.3 Å². The zero-order valence-electron chi connectivity index (χ0n) is 15.9. The molecule has 0 radical (unpaired) electrons. The lowest BCUT2D eigenvalue weighted by Crippen LogP contribution is -2.37. The van der Waals surface area contributed by atoms with Crippen molar-refractivity contribution >= 4 is 11.5 Å². The van der Waals surface area contributed by atoms with Gasteiger partial charge in [0.1, 0.15) is 12.4 Å². The van der Waals surface area contributed by atoms with Gasteiger partial charge in [0.25, 0.3) is 0 Å². The molecule has 148 valence electrons. The zero-order valence-corrected chi connectivity index (χ0v) is 15.9. The summed E-state index contributed by atoms with van der Waals surface area (Å²) in [6, 6.07) is 11.5. The van der Waals surface area contributed by atoms with Gasteiger partial charge in [-0.1, -0.05) is 24.2 Å². The van der Waals surface area contributed by atoms with Gasteiger partial charge in [-0.05, 0) is 37.1 Å². The summed E-state index contributed by atoms with van der Waals surface area (Å²) in [6.45, 7) is 5.34. The van der Waals surface area contributed by atoms with Crippen LogP contribution in [0.1, 0.15) is 31.4 Å². The SMILES string of the molecule is CCCOc1ccc(CO/N=C(\C)c2ccc(OCC3=NNNN3)nc2)cc1. The summed E-state index contributed by atoms with van der Waals surface area (Å²) in [7, 11) is 0. The number of benzene rings is 1. The summed E-state index contributed by atoms with van der Waals surface area (Å²) in [5, 5.41) is 8.08. The Balaban J connectivity index is 1.46. The molecule has 0 fully saturated rings. The second-order valence-electron chi connectivity index (χ2n) is 6.04. The van der Waals surface area contributed by atoms with Crippen LogP contribution in [0.15, 0.2) is 52.9 Å². The first-order valence-corrected chi connectivity index (χ1v) is 9.04. The van der Waals surface area contributed by atoms with Crippen LogP contribution in [0.3, 0.4) is 0 Å². The third kappa shape index (κ3) is 5.85. The zero-order chi connectivity index (χ0) is 19.6. The molecule has 1 aromatic heterocycles. The van der Waals surface area contributed by atoms with E-state index >= 15 is 0 Å². The van der Waals surface area contributed by atoms with Crippen molar-refractivity contribution in [1.82, 2.24) is 21.5 Å². The first-order chi connectivity index (χ1) is 13.7. The topological polar surface area (TPSA) is 101 Å². The highest BCUT2D eigenvalue weighted by molar-refractivity contribution is 5.98. The Labute approximate surface area is 163 Å². The molecule has 0 unspecified atom stereocenters. The standard InChI is InChI=1S/C19H24N6O3/c1-3-10-26-17-7-4-15(5-8-17)12-28-23-14(2)16-6-9-19(20-11-16)27-13-18-21-24-25-22-18/h4-9,11,24-25H,3,10,12-13H2,1-2H3,(H,21,22)/b23-14+. The molecule has 0 amide bonds. The van der Waals surface area contributed by atoms with Crippen molar-refractivity contribution in [2.75, 3.05) is 13.2 Å². The lowest BCUT2D eigenvalue weighted by Gasteiger charge is -2.07. The van der Waals surface area contributed by atoms with Gasteiger partial charge in [-0.2, -0.15) is 0 Å². The maximum atomic E-state index is 5.56. The van der Waals surface area contributed by atoms with E-state index in [9.17, 15) is 0 Å². The van der Waals surface area contributed by atoms with Crippen LogP contribution >= 0.6 is 0 Å². The molecule has 9 nitrogen and oxygen atoms in total. The van der Waals surface area contributed by atoms with Gasteiger partial charge in [0.05, 0.1) is 12.3 Å². The molecule has 1 aliphatic rings. The molecule has 28 heavy (non-hydrogen) atoms. The molecule has 1 aromatic carbocycles. The number of hydrazine groups is 2. The highest BCUT2D eigenvalue weighted by Gasteiger charge is 2.06. The molecule has 0 atom stereocenters. The molecule has 0 saturated heterocycles. The molecule has 2 heterocycles. The summed E-state index contributed by atoms with van der Waals surface area (Å²) in [5.74, 6) is 2.00. The fraction of sp³-hybridized carbons (Fsp3) is 0.316. The number of hydrogen-bond donors (Lipinski definition) is 3. The van der Waals surface area contributed by atoms with Crippen molar-refractivity contribution in [1.29, 1.82) is 0 Å². The van der Waals surface area contributed by atoms with Gasteiger partial charge in [0, 0.05) is 17.8 Å². The van der Waals surface area contributed by atoms with Crippen molar-refractivity contribution in [2.24, 2.45) is 10.3 Å². The summed E-state index contributed by atoms with van der Waals surface area (Å²) < 4.78 is 11.1. The first-order valence-electron chi connectivity index (χ1n) is 9.04. The van der Waals surface area contributed by atoms with Crippen LogP contribution in [0.2, 0.25) is 0 Å². The summed E-state index contributed by atoms with van der Waals surface area (Å²) in [6.07, 6.45) is 2.68. The van der Waals surface area contributed by atoms with Crippen molar-refractivity contribution in [2.45, 2.75) is 26.9 Å². The van der Waals surface area contributed by atoms with Crippen molar-refractivity contribution in [3.63, 3.8) is 0 Å². The van der Waals surface area contributed by atoms with Crippen molar-refractivity contribution < 1.29 is 14.3 Å². The number of nitrogens with one attached hydrogen (secondary N) is 3. The van der Waals surface area contributed by atoms with Gasteiger partial charge in [-0.3, -0.25) is 5.43 Å². The van der Waals surface area contributed by atoms with E-state index in [-0.39, 0.29) is 6.61 Å². The lowest BCUT2D eigenvalue weighted by molar-refractivity contribution is 0.130. The average Bonchev–Trinajstić information content (AvgIpc) is 3.26. The van der Waals surface area contributed by atoms with Gasteiger partial charge >= 0.3 is 0 Å². The molecule has 3 N–H and O–H groups in total. The molecule has 3 rings (SSSR count). The Morgan fingerprint density at radius 3 is 2.61 bits per heavy atom. The Hall–Kier alpha value is -3.33. The number of pyridine rings is 1. The van der Waals surface area contributed by atoms with Crippen LogP contribution in [0.5, 0.6) is 11.6 Å². The predicted octanol–water partition coefficient (Wildman–Crippen LogP) is 2.12. The summed E-state index contributed by atoms with van der Waals surface area (Å²) in [4.78, 5) is 9.72. The molecule has 9 heteroatoms. The second kappa shape index (κ2) is 10.1. The van der Waals surface area contributed by atoms with Gasteiger partial charge < -0.3 is 14.3 Å². The number of oxime groups is 1. The number of rotatable bonds is 10. The Kier molecular flexibility index (Phi) is 7.02. The summed E-state index contributed by atoms with van der Waals surface area (Å²) >= 11 is 0. The van der Waals surface area contributed by atoms with E-state index < -0.39 is 0 Å². The van der Waals surface area contributed by atoms with Crippen LogP contribution in [0.4, 0.5) is 0 Å². The van der Waals surface area contributed by atoms with Crippen LogP contribution in [-0.2, 0) is 11.4 Å². The van der Waals surface area contributed by atoms with Crippen LogP contribution in [-0.4, -0.2) is 29.7 Å². The molecule has 0 saturated carbocycles. The first kappa shape index (κ1) is 19.4. The minimum Gasteiger partial charge on any atom is -0.494 e. The van der Waals surface area contributed by atoms with Crippen molar-refractivity contribution in [3.05, 3.63) is 53.7 Å². The minimum atomic E-state index is 0.283. The quantitative estimate of drug-likeness (QED) is 0.426. The number of amidine groups is 1. The maximum absolute atomic E-state index is 5.56. The van der Waals surface area contributed by atoms with E-state index in [1.807, 2.05) is 37.3 Å². The molecule has 1 aliphatic heterocycles. The Morgan fingerprint density at radius 2 is 1.93 bits per heavy atom. The van der Waals surface area contributed by atoms with E-state index in [2.05, 4.69) is 38.7 Å². The second-order valence-corrected chi connectivity index (χ2v) is 6.04. The molecule has 2 aromatic rings. The van der Waals surface area contributed by atoms with Gasteiger partial charge in [-0.15, -0.1) is 10.6 Å². The minimum absolute atomic E-state index is 0.283. The number of ether oxygens (including phenoxy) is 2.